The van der Waals surface area contributed by atoms with Gasteiger partial charge in [0.2, 0.25) is 0 Å². The summed E-state index contributed by atoms with van der Waals surface area (Å²) in [6.07, 6.45) is 0.876. The summed E-state index contributed by atoms with van der Waals surface area (Å²) < 4.78 is 18.4. The Kier molecular flexibility index (Phi) is 5.49. The van der Waals surface area contributed by atoms with E-state index in [0.717, 1.165) is 39.3 Å². The zero-order chi connectivity index (χ0) is 14.4. The second kappa shape index (κ2) is 7.36. The molecular formula is C15H21FN2O2. The number of halogens is 1. The van der Waals surface area contributed by atoms with E-state index in [9.17, 15) is 9.18 Å². The van der Waals surface area contributed by atoms with Crippen LogP contribution in [0.25, 0.3) is 0 Å². The van der Waals surface area contributed by atoms with Crippen molar-refractivity contribution >= 4 is 5.91 Å². The van der Waals surface area contributed by atoms with E-state index in [1.54, 1.807) is 12.1 Å². The molecule has 1 atom stereocenters. The van der Waals surface area contributed by atoms with E-state index in [1.807, 2.05) is 6.92 Å². The van der Waals surface area contributed by atoms with Crippen molar-refractivity contribution in [2.75, 3.05) is 32.8 Å². The van der Waals surface area contributed by atoms with E-state index < -0.39 is 5.82 Å². The van der Waals surface area contributed by atoms with Crippen LogP contribution in [0.15, 0.2) is 24.3 Å². The minimum Gasteiger partial charge on any atom is -0.379 e. The first-order valence-corrected chi connectivity index (χ1v) is 7.01. The van der Waals surface area contributed by atoms with Gasteiger partial charge in [0.05, 0.1) is 13.2 Å². The van der Waals surface area contributed by atoms with Crippen LogP contribution in [0, 0.1) is 5.82 Å². The molecule has 1 aliphatic rings. The number of ether oxygens (including phenoxy) is 1. The van der Waals surface area contributed by atoms with E-state index in [1.165, 1.54) is 12.1 Å². The van der Waals surface area contributed by atoms with Crippen molar-refractivity contribution in [3.8, 4) is 0 Å². The molecule has 1 aromatic carbocycles. The van der Waals surface area contributed by atoms with Gasteiger partial charge in [-0.3, -0.25) is 9.69 Å². The van der Waals surface area contributed by atoms with Crippen LogP contribution in [0.2, 0.25) is 0 Å². The molecule has 1 aromatic rings. The number of carbonyl (C=O) groups excluding carboxylic acids is 1. The molecule has 1 amide bonds. The van der Waals surface area contributed by atoms with E-state index >= 15 is 0 Å². The second-order valence-electron chi connectivity index (χ2n) is 5.13. The van der Waals surface area contributed by atoms with Crippen molar-refractivity contribution in [2.24, 2.45) is 0 Å². The van der Waals surface area contributed by atoms with Gasteiger partial charge in [0.1, 0.15) is 5.82 Å². The largest absolute Gasteiger partial charge is 0.379 e. The third-order valence-corrected chi connectivity index (χ3v) is 3.45. The van der Waals surface area contributed by atoms with Crippen molar-refractivity contribution in [3.63, 3.8) is 0 Å². The highest BCUT2D eigenvalue weighted by Gasteiger charge is 2.14. The monoisotopic (exact) mass is 280 g/mol. The Bertz CT molecular complexity index is 447. The Morgan fingerprint density at radius 2 is 2.20 bits per heavy atom. The molecule has 110 valence electrons. The normalized spacial score (nSPS) is 17.7. The number of nitrogens with zero attached hydrogens (tertiary/aromatic N) is 1. The van der Waals surface area contributed by atoms with Gasteiger partial charge in [0.15, 0.2) is 0 Å². The molecule has 1 heterocycles. The molecule has 1 unspecified atom stereocenters. The molecular weight excluding hydrogens is 259 g/mol. The highest BCUT2D eigenvalue weighted by Crippen LogP contribution is 2.05. The predicted molar refractivity (Wildman–Crippen MR) is 75.2 cm³/mol. The van der Waals surface area contributed by atoms with Crippen molar-refractivity contribution < 1.29 is 13.9 Å². The van der Waals surface area contributed by atoms with Crippen molar-refractivity contribution in [1.82, 2.24) is 10.2 Å². The van der Waals surface area contributed by atoms with Gasteiger partial charge >= 0.3 is 0 Å². The summed E-state index contributed by atoms with van der Waals surface area (Å²) in [4.78, 5) is 14.3. The maximum absolute atomic E-state index is 13.1. The van der Waals surface area contributed by atoms with Crippen LogP contribution >= 0.6 is 0 Å². The van der Waals surface area contributed by atoms with Crippen molar-refractivity contribution in [2.45, 2.75) is 19.4 Å². The highest BCUT2D eigenvalue weighted by atomic mass is 19.1. The number of carbonyl (C=O) groups is 1. The quantitative estimate of drug-likeness (QED) is 0.892. The molecule has 5 heteroatoms. The molecule has 0 radical (unpaired) electrons. The van der Waals surface area contributed by atoms with Gasteiger partial charge in [-0.1, -0.05) is 6.07 Å². The second-order valence-corrected chi connectivity index (χ2v) is 5.13. The van der Waals surface area contributed by atoms with Crippen molar-refractivity contribution in [1.29, 1.82) is 0 Å². The third-order valence-electron chi connectivity index (χ3n) is 3.45. The smallest absolute Gasteiger partial charge is 0.251 e. The minimum atomic E-state index is -0.390. The van der Waals surface area contributed by atoms with Crippen LogP contribution in [0.4, 0.5) is 4.39 Å². The Hall–Kier alpha value is -1.46. The summed E-state index contributed by atoms with van der Waals surface area (Å²) in [5.41, 5.74) is 0.364. The summed E-state index contributed by atoms with van der Waals surface area (Å²) in [7, 11) is 0. The maximum atomic E-state index is 13.1. The van der Waals surface area contributed by atoms with E-state index in [-0.39, 0.29) is 11.9 Å². The zero-order valence-electron chi connectivity index (χ0n) is 11.8. The van der Waals surface area contributed by atoms with E-state index in [2.05, 4.69) is 10.2 Å². The van der Waals surface area contributed by atoms with Gasteiger partial charge in [0, 0.05) is 31.2 Å². The van der Waals surface area contributed by atoms with Gasteiger partial charge in [0.25, 0.3) is 5.91 Å². The fourth-order valence-corrected chi connectivity index (χ4v) is 2.21. The highest BCUT2D eigenvalue weighted by molar-refractivity contribution is 5.94. The van der Waals surface area contributed by atoms with Gasteiger partial charge in [-0.15, -0.1) is 0 Å². The summed E-state index contributed by atoms with van der Waals surface area (Å²) >= 11 is 0. The lowest BCUT2D eigenvalue weighted by molar-refractivity contribution is 0.0363. The number of hydrogen-bond donors (Lipinski definition) is 1. The maximum Gasteiger partial charge on any atom is 0.251 e. The van der Waals surface area contributed by atoms with Crippen LogP contribution in [0.3, 0.4) is 0 Å². The average Bonchev–Trinajstić information content (AvgIpc) is 2.46. The molecule has 1 aliphatic heterocycles. The molecule has 0 spiro atoms. The summed E-state index contributed by atoms with van der Waals surface area (Å²) in [6.45, 7) is 6.37. The van der Waals surface area contributed by atoms with Gasteiger partial charge in [-0.2, -0.15) is 0 Å². The number of benzene rings is 1. The topological polar surface area (TPSA) is 41.6 Å². The summed E-state index contributed by atoms with van der Waals surface area (Å²) in [6, 6.07) is 5.81. The summed E-state index contributed by atoms with van der Waals surface area (Å²) in [5.74, 6) is -0.613. The van der Waals surface area contributed by atoms with Crippen LogP contribution in [-0.4, -0.2) is 49.7 Å². The molecule has 2 rings (SSSR count). The fraction of sp³-hybridized carbons (Fsp3) is 0.533. The lowest BCUT2D eigenvalue weighted by Gasteiger charge is -2.27. The van der Waals surface area contributed by atoms with Crippen LogP contribution in [0.5, 0.6) is 0 Å². The van der Waals surface area contributed by atoms with Gasteiger partial charge in [-0.05, 0) is 31.5 Å². The minimum absolute atomic E-state index is 0.0635. The molecule has 0 bridgehead atoms. The fourth-order valence-electron chi connectivity index (χ4n) is 2.21. The number of amides is 1. The molecule has 20 heavy (non-hydrogen) atoms. The first-order valence-electron chi connectivity index (χ1n) is 7.01. The van der Waals surface area contributed by atoms with Gasteiger partial charge < -0.3 is 10.1 Å². The van der Waals surface area contributed by atoms with Crippen LogP contribution < -0.4 is 5.32 Å². The van der Waals surface area contributed by atoms with Crippen LogP contribution in [-0.2, 0) is 4.74 Å². The van der Waals surface area contributed by atoms with Gasteiger partial charge in [-0.25, -0.2) is 4.39 Å². The Morgan fingerprint density at radius 1 is 1.45 bits per heavy atom. The molecule has 0 saturated carbocycles. The number of nitrogens with one attached hydrogen (secondary N) is 1. The molecule has 1 N–H and O–H groups in total. The molecule has 0 aromatic heterocycles. The SMILES string of the molecule is CC(CCN1CCOCC1)NC(=O)c1cccc(F)c1. The zero-order valence-corrected chi connectivity index (χ0v) is 11.8. The lowest BCUT2D eigenvalue weighted by Crippen LogP contribution is -2.40. The van der Waals surface area contributed by atoms with Crippen LogP contribution in [0.1, 0.15) is 23.7 Å². The Morgan fingerprint density at radius 3 is 2.90 bits per heavy atom. The van der Waals surface area contributed by atoms with Crippen molar-refractivity contribution in [3.05, 3.63) is 35.6 Å². The molecule has 1 fully saturated rings. The molecule has 4 nitrogen and oxygen atoms in total. The first-order chi connectivity index (χ1) is 9.65. The first kappa shape index (κ1) is 14.9. The Balaban J connectivity index is 1.76. The van der Waals surface area contributed by atoms with E-state index in [4.69, 9.17) is 4.74 Å². The standard InChI is InChI=1S/C15H21FN2O2/c1-12(5-6-18-7-9-20-10-8-18)17-15(19)13-3-2-4-14(16)11-13/h2-4,11-12H,5-10H2,1H3,(H,17,19). The lowest BCUT2D eigenvalue weighted by atomic mass is 10.1. The number of morpholine rings is 1. The summed E-state index contributed by atoms with van der Waals surface area (Å²) in [5, 5.41) is 2.90. The Labute approximate surface area is 118 Å². The molecule has 1 saturated heterocycles. The number of rotatable bonds is 5. The molecule has 0 aliphatic carbocycles. The predicted octanol–water partition coefficient (Wildman–Crippen LogP) is 1.67. The number of hydrogen-bond acceptors (Lipinski definition) is 3. The average molecular weight is 280 g/mol. The third kappa shape index (κ3) is 4.58. The van der Waals surface area contributed by atoms with E-state index in [0.29, 0.717) is 5.56 Å².